The molecule has 0 aliphatic heterocycles. The third kappa shape index (κ3) is 2.40. The van der Waals surface area contributed by atoms with Crippen LogP contribution < -0.4 is 11.2 Å². The lowest BCUT2D eigenvalue weighted by atomic mass is 10.3. The van der Waals surface area contributed by atoms with E-state index in [9.17, 15) is 9.59 Å². The van der Waals surface area contributed by atoms with Gasteiger partial charge < -0.3 is 4.57 Å². The summed E-state index contributed by atoms with van der Waals surface area (Å²) in [5.74, 6) is 0. The highest BCUT2D eigenvalue weighted by Crippen LogP contribution is 2.32. The molecule has 25 heavy (non-hydrogen) atoms. The van der Waals surface area contributed by atoms with Crippen molar-refractivity contribution >= 4 is 33.8 Å². The fourth-order valence-corrected chi connectivity index (χ4v) is 3.65. The van der Waals surface area contributed by atoms with Crippen LogP contribution in [0.25, 0.3) is 22.1 Å². The van der Waals surface area contributed by atoms with Gasteiger partial charge in [-0.25, -0.2) is 9.78 Å². The van der Waals surface area contributed by atoms with Gasteiger partial charge in [0.1, 0.15) is 5.03 Å². The van der Waals surface area contributed by atoms with Crippen LogP contribution >= 0.6 is 11.8 Å². The normalized spacial score (nSPS) is 11.4. The summed E-state index contributed by atoms with van der Waals surface area (Å²) < 4.78 is 3.05. The fourth-order valence-electron chi connectivity index (χ4n) is 2.69. The number of fused-ring (bicyclic) bond motifs is 2. The molecule has 0 radical (unpaired) electrons. The van der Waals surface area contributed by atoms with Crippen LogP contribution in [-0.2, 0) is 13.6 Å². The maximum atomic E-state index is 12.3. The summed E-state index contributed by atoms with van der Waals surface area (Å²) in [6.45, 7) is 4.13. The number of hydrogen-bond donors (Lipinski definition) is 2. The largest absolute Gasteiger partial charge is 0.329 e. The number of allylic oxidation sites excluding steroid dienone is 1. The van der Waals surface area contributed by atoms with E-state index in [4.69, 9.17) is 0 Å². The average Bonchev–Trinajstić information content (AvgIpc) is 3.17. The SMILES string of the molecule is C=CCn1c(Sc2n[nH]c3ccccc23)nc2c1c(=O)[nH]c(=O)n2C. The van der Waals surface area contributed by atoms with Gasteiger partial charge in [0.25, 0.3) is 5.56 Å². The van der Waals surface area contributed by atoms with Crippen LogP contribution in [0, 0.1) is 0 Å². The minimum Gasteiger partial charge on any atom is -0.309 e. The van der Waals surface area contributed by atoms with E-state index in [1.165, 1.54) is 16.3 Å². The highest BCUT2D eigenvalue weighted by molar-refractivity contribution is 7.99. The molecule has 4 rings (SSSR count). The Kier molecular flexibility index (Phi) is 3.57. The van der Waals surface area contributed by atoms with Crippen molar-refractivity contribution < 1.29 is 0 Å². The topological polar surface area (TPSA) is 101 Å². The molecule has 1 aromatic carbocycles. The van der Waals surface area contributed by atoms with Gasteiger partial charge in [0, 0.05) is 19.0 Å². The summed E-state index contributed by atoms with van der Waals surface area (Å²) >= 11 is 1.33. The van der Waals surface area contributed by atoms with Gasteiger partial charge in [-0.3, -0.25) is 19.4 Å². The predicted molar refractivity (Wildman–Crippen MR) is 96.0 cm³/mol. The molecule has 9 heteroatoms. The Morgan fingerprint density at radius 2 is 2.12 bits per heavy atom. The van der Waals surface area contributed by atoms with Crippen LogP contribution in [0.4, 0.5) is 0 Å². The van der Waals surface area contributed by atoms with Gasteiger partial charge in [-0.05, 0) is 17.8 Å². The summed E-state index contributed by atoms with van der Waals surface area (Å²) in [5.41, 5.74) is 0.623. The first-order valence-electron chi connectivity index (χ1n) is 7.51. The average molecular weight is 354 g/mol. The molecule has 0 aliphatic rings. The molecule has 0 fully saturated rings. The number of rotatable bonds is 4. The summed E-state index contributed by atoms with van der Waals surface area (Å²) in [4.78, 5) is 30.9. The van der Waals surface area contributed by atoms with Crippen molar-refractivity contribution in [2.75, 3.05) is 0 Å². The van der Waals surface area contributed by atoms with Crippen molar-refractivity contribution in [1.82, 2.24) is 29.3 Å². The zero-order valence-electron chi connectivity index (χ0n) is 13.3. The second-order valence-corrected chi connectivity index (χ2v) is 6.42. The van der Waals surface area contributed by atoms with E-state index < -0.39 is 11.2 Å². The minimum atomic E-state index is -0.498. The maximum Gasteiger partial charge on any atom is 0.329 e. The van der Waals surface area contributed by atoms with E-state index in [1.807, 2.05) is 24.3 Å². The molecule has 4 aromatic rings. The molecule has 0 saturated heterocycles. The standard InChI is InChI=1S/C16H14N6O2S/c1-3-8-22-11-12(21(2)15(24)18-13(11)23)17-16(22)25-14-9-6-4-5-7-10(9)19-20-14/h3-7H,1,8H2,2H3,(H,19,20)(H,18,23,24). The molecule has 0 aliphatic carbocycles. The number of H-pyrrole nitrogens is 2. The quantitative estimate of drug-likeness (QED) is 0.543. The summed E-state index contributed by atoms with van der Waals surface area (Å²) in [5, 5.41) is 9.58. The van der Waals surface area contributed by atoms with Gasteiger partial charge in [-0.2, -0.15) is 5.10 Å². The van der Waals surface area contributed by atoms with Gasteiger partial charge in [0.2, 0.25) is 0 Å². The first-order valence-corrected chi connectivity index (χ1v) is 8.33. The maximum absolute atomic E-state index is 12.3. The molecule has 8 nitrogen and oxygen atoms in total. The Balaban J connectivity index is 1.95. The van der Waals surface area contributed by atoms with E-state index in [1.54, 1.807) is 17.7 Å². The van der Waals surface area contributed by atoms with Gasteiger partial charge in [-0.15, -0.1) is 6.58 Å². The van der Waals surface area contributed by atoms with E-state index in [0.717, 1.165) is 15.9 Å². The monoisotopic (exact) mass is 354 g/mol. The van der Waals surface area contributed by atoms with Crippen LogP contribution in [0.15, 0.2) is 56.7 Å². The molecular weight excluding hydrogens is 340 g/mol. The van der Waals surface area contributed by atoms with E-state index in [2.05, 4.69) is 26.7 Å². The van der Waals surface area contributed by atoms with Gasteiger partial charge in [-0.1, -0.05) is 24.3 Å². The predicted octanol–water partition coefficient (Wildman–Crippen LogP) is 1.64. The summed E-state index contributed by atoms with van der Waals surface area (Å²) in [7, 11) is 1.57. The molecule has 0 saturated carbocycles. The lowest BCUT2D eigenvalue weighted by Crippen LogP contribution is -2.29. The first kappa shape index (κ1) is 15.5. The zero-order valence-corrected chi connectivity index (χ0v) is 14.1. The molecule has 0 spiro atoms. The highest BCUT2D eigenvalue weighted by atomic mass is 32.2. The van der Waals surface area contributed by atoms with E-state index in [-0.39, 0.29) is 0 Å². The van der Waals surface area contributed by atoms with E-state index >= 15 is 0 Å². The fraction of sp³-hybridized carbons (Fsp3) is 0.125. The Morgan fingerprint density at radius 3 is 2.92 bits per heavy atom. The lowest BCUT2D eigenvalue weighted by molar-refractivity contribution is 0.744. The van der Waals surface area contributed by atoms with Crippen LogP contribution in [0.5, 0.6) is 0 Å². The second kappa shape index (κ2) is 5.78. The summed E-state index contributed by atoms with van der Waals surface area (Å²) in [6, 6.07) is 7.76. The third-order valence-corrected chi connectivity index (χ3v) is 4.91. The Morgan fingerprint density at radius 1 is 1.32 bits per heavy atom. The lowest BCUT2D eigenvalue weighted by Gasteiger charge is -2.04. The van der Waals surface area contributed by atoms with Crippen LogP contribution in [-0.4, -0.2) is 29.3 Å². The Labute approximate surface area is 145 Å². The molecule has 3 heterocycles. The Bertz CT molecular complexity index is 1230. The van der Waals surface area contributed by atoms with Crippen molar-refractivity contribution in [3.8, 4) is 0 Å². The van der Waals surface area contributed by atoms with Crippen molar-refractivity contribution in [2.45, 2.75) is 16.7 Å². The van der Waals surface area contributed by atoms with Gasteiger partial charge >= 0.3 is 5.69 Å². The minimum absolute atomic E-state index is 0.331. The molecule has 0 atom stereocenters. The first-order chi connectivity index (χ1) is 12.1. The molecule has 3 aromatic heterocycles. The number of nitrogens with zero attached hydrogens (tertiary/aromatic N) is 4. The highest BCUT2D eigenvalue weighted by Gasteiger charge is 2.19. The Hall–Kier alpha value is -3.07. The van der Waals surface area contributed by atoms with Crippen molar-refractivity contribution in [3.05, 3.63) is 57.8 Å². The zero-order chi connectivity index (χ0) is 17.6. The molecule has 126 valence electrons. The van der Waals surface area contributed by atoms with Crippen molar-refractivity contribution in [3.63, 3.8) is 0 Å². The molecule has 2 N–H and O–H groups in total. The van der Waals surface area contributed by atoms with Crippen molar-refractivity contribution in [1.29, 1.82) is 0 Å². The third-order valence-electron chi connectivity index (χ3n) is 3.91. The number of imidazole rings is 1. The van der Waals surface area contributed by atoms with E-state index in [0.29, 0.717) is 22.9 Å². The molecule has 0 bridgehead atoms. The number of aryl methyl sites for hydroxylation is 1. The molecule has 0 unspecified atom stereocenters. The van der Waals surface area contributed by atoms with Crippen LogP contribution in [0.2, 0.25) is 0 Å². The van der Waals surface area contributed by atoms with Crippen LogP contribution in [0.3, 0.4) is 0 Å². The van der Waals surface area contributed by atoms with Crippen molar-refractivity contribution in [2.24, 2.45) is 7.05 Å². The molecule has 0 amide bonds. The number of nitrogens with one attached hydrogen (secondary N) is 2. The smallest absolute Gasteiger partial charge is 0.309 e. The number of aromatic nitrogens is 6. The molecular formula is C16H14N6O2S. The van der Waals surface area contributed by atoms with Crippen LogP contribution in [0.1, 0.15) is 0 Å². The number of para-hydroxylation sites is 1. The van der Waals surface area contributed by atoms with Gasteiger partial charge in [0.05, 0.1) is 5.52 Å². The number of hydrogen-bond acceptors (Lipinski definition) is 5. The second-order valence-electron chi connectivity index (χ2n) is 5.46. The number of benzene rings is 1. The number of aromatic amines is 2. The van der Waals surface area contributed by atoms with Gasteiger partial charge in [0.15, 0.2) is 16.3 Å². The summed E-state index contributed by atoms with van der Waals surface area (Å²) in [6.07, 6.45) is 1.68.